The minimum Gasteiger partial charge on any atom is -0.460 e. The van der Waals surface area contributed by atoms with Gasteiger partial charge in [-0.25, -0.2) is 0 Å². The van der Waals surface area contributed by atoms with E-state index in [1.54, 1.807) is 7.11 Å². The number of cyclic esters (lactones) is 1. The summed E-state index contributed by atoms with van der Waals surface area (Å²) < 4.78 is 9.80. The quantitative estimate of drug-likeness (QED) is 0.532. The standard InChI is InChI=1S/C7H12O3/c1-5-3-6(4-9-2)10-7(5)8/h5-6H,3-4H2,1-2H3/t5?,6-/m0/s1. The SMILES string of the molecule is COC[C@@H]1CC(C)C(=O)O1. The van der Waals surface area contributed by atoms with Crippen LogP contribution in [0.15, 0.2) is 0 Å². The fourth-order valence-corrected chi connectivity index (χ4v) is 1.11. The second kappa shape index (κ2) is 3.01. The lowest BCUT2D eigenvalue weighted by molar-refractivity contribution is -0.145. The van der Waals surface area contributed by atoms with E-state index in [4.69, 9.17) is 9.47 Å². The number of rotatable bonds is 2. The van der Waals surface area contributed by atoms with Gasteiger partial charge in [0.2, 0.25) is 0 Å². The van der Waals surface area contributed by atoms with Crippen LogP contribution < -0.4 is 0 Å². The van der Waals surface area contributed by atoms with E-state index in [2.05, 4.69) is 0 Å². The summed E-state index contributed by atoms with van der Waals surface area (Å²) in [6.07, 6.45) is 0.791. The van der Waals surface area contributed by atoms with Crippen LogP contribution in [0, 0.1) is 5.92 Å². The second-order valence-electron chi connectivity index (χ2n) is 2.65. The fourth-order valence-electron chi connectivity index (χ4n) is 1.11. The third kappa shape index (κ3) is 1.48. The van der Waals surface area contributed by atoms with Gasteiger partial charge in [0.15, 0.2) is 0 Å². The van der Waals surface area contributed by atoms with Gasteiger partial charge in [0, 0.05) is 7.11 Å². The van der Waals surface area contributed by atoms with Gasteiger partial charge in [0.05, 0.1) is 12.5 Å². The summed E-state index contributed by atoms with van der Waals surface area (Å²) in [4.78, 5) is 10.8. The van der Waals surface area contributed by atoms with Crippen molar-refractivity contribution in [3.8, 4) is 0 Å². The smallest absolute Gasteiger partial charge is 0.309 e. The van der Waals surface area contributed by atoms with Crippen molar-refractivity contribution < 1.29 is 14.3 Å². The maximum Gasteiger partial charge on any atom is 0.309 e. The third-order valence-corrected chi connectivity index (χ3v) is 1.65. The molecule has 10 heavy (non-hydrogen) atoms. The molecule has 2 atom stereocenters. The van der Waals surface area contributed by atoms with Crippen molar-refractivity contribution in [3.63, 3.8) is 0 Å². The maximum absolute atomic E-state index is 10.8. The number of hydrogen-bond donors (Lipinski definition) is 0. The molecule has 0 saturated carbocycles. The zero-order valence-electron chi connectivity index (χ0n) is 6.29. The predicted molar refractivity (Wildman–Crippen MR) is 35.5 cm³/mol. The lowest BCUT2D eigenvalue weighted by atomic mass is 10.1. The number of carbonyl (C=O) groups is 1. The lowest BCUT2D eigenvalue weighted by Gasteiger charge is -2.05. The molecule has 0 aromatic heterocycles. The zero-order chi connectivity index (χ0) is 7.56. The van der Waals surface area contributed by atoms with E-state index in [1.165, 1.54) is 0 Å². The molecule has 1 aliphatic rings. The van der Waals surface area contributed by atoms with Gasteiger partial charge in [-0.3, -0.25) is 4.79 Å². The molecule has 0 radical (unpaired) electrons. The zero-order valence-corrected chi connectivity index (χ0v) is 6.29. The highest BCUT2D eigenvalue weighted by molar-refractivity contribution is 5.74. The number of hydrogen-bond acceptors (Lipinski definition) is 3. The Morgan fingerprint density at radius 2 is 2.50 bits per heavy atom. The minimum absolute atomic E-state index is 0.00694. The van der Waals surface area contributed by atoms with Crippen LogP contribution in [-0.4, -0.2) is 25.8 Å². The van der Waals surface area contributed by atoms with Crippen LogP contribution in [0.2, 0.25) is 0 Å². The minimum atomic E-state index is -0.0953. The molecule has 3 heteroatoms. The third-order valence-electron chi connectivity index (χ3n) is 1.65. The summed E-state index contributed by atoms with van der Waals surface area (Å²) in [5.41, 5.74) is 0. The normalized spacial score (nSPS) is 32.4. The summed E-state index contributed by atoms with van der Waals surface area (Å²) >= 11 is 0. The van der Waals surface area contributed by atoms with Crippen molar-refractivity contribution in [1.82, 2.24) is 0 Å². The molecule has 1 fully saturated rings. The molecule has 0 aromatic carbocycles. The predicted octanol–water partition coefficient (Wildman–Crippen LogP) is 0.584. The summed E-state index contributed by atoms with van der Waals surface area (Å²) in [5.74, 6) is -0.0396. The van der Waals surface area contributed by atoms with Gasteiger partial charge in [-0.05, 0) is 6.42 Å². The molecular formula is C7H12O3. The number of methoxy groups -OCH3 is 1. The van der Waals surface area contributed by atoms with E-state index in [0.29, 0.717) is 6.61 Å². The van der Waals surface area contributed by atoms with Crippen molar-refractivity contribution in [3.05, 3.63) is 0 Å². The Morgan fingerprint density at radius 1 is 1.80 bits per heavy atom. The maximum atomic E-state index is 10.8. The summed E-state index contributed by atoms with van der Waals surface area (Å²) in [5, 5.41) is 0. The molecule has 3 nitrogen and oxygen atoms in total. The molecule has 1 aliphatic heterocycles. The van der Waals surface area contributed by atoms with Crippen LogP contribution >= 0.6 is 0 Å². The number of ether oxygens (including phenoxy) is 2. The number of carbonyl (C=O) groups excluding carboxylic acids is 1. The molecule has 0 N–H and O–H groups in total. The molecule has 0 bridgehead atoms. The Hall–Kier alpha value is -0.570. The molecule has 58 valence electrons. The first kappa shape index (κ1) is 7.54. The van der Waals surface area contributed by atoms with Crippen LogP contribution in [-0.2, 0) is 14.3 Å². The van der Waals surface area contributed by atoms with Gasteiger partial charge in [-0.15, -0.1) is 0 Å². The van der Waals surface area contributed by atoms with E-state index in [1.807, 2.05) is 6.92 Å². The average molecular weight is 144 g/mol. The highest BCUT2D eigenvalue weighted by Crippen LogP contribution is 2.19. The van der Waals surface area contributed by atoms with Crippen molar-refractivity contribution in [2.24, 2.45) is 5.92 Å². The van der Waals surface area contributed by atoms with Gasteiger partial charge >= 0.3 is 5.97 Å². The van der Waals surface area contributed by atoms with E-state index in [9.17, 15) is 4.79 Å². The first-order valence-electron chi connectivity index (χ1n) is 3.43. The molecule has 1 heterocycles. The van der Waals surface area contributed by atoms with Crippen LogP contribution in [0.1, 0.15) is 13.3 Å². The van der Waals surface area contributed by atoms with Crippen LogP contribution in [0.3, 0.4) is 0 Å². The second-order valence-corrected chi connectivity index (χ2v) is 2.65. The Kier molecular flexibility index (Phi) is 2.27. The van der Waals surface area contributed by atoms with Gasteiger partial charge in [-0.2, -0.15) is 0 Å². The number of esters is 1. The van der Waals surface area contributed by atoms with Gasteiger partial charge in [-0.1, -0.05) is 6.92 Å². The van der Waals surface area contributed by atoms with Crippen molar-refractivity contribution >= 4 is 5.97 Å². The lowest BCUT2D eigenvalue weighted by Crippen LogP contribution is -2.13. The monoisotopic (exact) mass is 144 g/mol. The Labute approximate surface area is 60.3 Å². The van der Waals surface area contributed by atoms with Crippen LogP contribution in [0.4, 0.5) is 0 Å². The highest BCUT2D eigenvalue weighted by Gasteiger charge is 2.30. The first-order chi connectivity index (χ1) is 4.74. The molecule has 1 unspecified atom stereocenters. The van der Waals surface area contributed by atoms with Gasteiger partial charge < -0.3 is 9.47 Å². The molecule has 0 aliphatic carbocycles. The van der Waals surface area contributed by atoms with E-state index >= 15 is 0 Å². The Balaban J connectivity index is 2.34. The van der Waals surface area contributed by atoms with E-state index in [-0.39, 0.29) is 18.0 Å². The Morgan fingerprint density at radius 3 is 2.90 bits per heavy atom. The van der Waals surface area contributed by atoms with Crippen LogP contribution in [0.5, 0.6) is 0 Å². The summed E-state index contributed by atoms with van der Waals surface area (Å²) in [6, 6.07) is 0. The fraction of sp³-hybridized carbons (Fsp3) is 0.857. The van der Waals surface area contributed by atoms with E-state index < -0.39 is 0 Å². The first-order valence-corrected chi connectivity index (χ1v) is 3.43. The van der Waals surface area contributed by atoms with Gasteiger partial charge in [0.25, 0.3) is 0 Å². The molecule has 0 spiro atoms. The molecule has 0 aromatic rings. The molecular weight excluding hydrogens is 132 g/mol. The summed E-state index contributed by atoms with van der Waals surface area (Å²) in [6.45, 7) is 2.40. The Bertz CT molecular complexity index is 133. The molecule has 1 rings (SSSR count). The van der Waals surface area contributed by atoms with Gasteiger partial charge in [0.1, 0.15) is 6.10 Å². The largest absolute Gasteiger partial charge is 0.460 e. The van der Waals surface area contributed by atoms with Crippen LogP contribution in [0.25, 0.3) is 0 Å². The van der Waals surface area contributed by atoms with Crippen molar-refractivity contribution in [1.29, 1.82) is 0 Å². The average Bonchev–Trinajstić information content (AvgIpc) is 2.14. The molecule has 0 amide bonds. The van der Waals surface area contributed by atoms with Crippen molar-refractivity contribution in [2.45, 2.75) is 19.4 Å². The summed E-state index contributed by atoms with van der Waals surface area (Å²) in [7, 11) is 1.61. The van der Waals surface area contributed by atoms with Crippen molar-refractivity contribution in [2.75, 3.05) is 13.7 Å². The highest BCUT2D eigenvalue weighted by atomic mass is 16.6. The topological polar surface area (TPSA) is 35.5 Å². The molecule has 1 saturated heterocycles. The van der Waals surface area contributed by atoms with E-state index in [0.717, 1.165) is 6.42 Å².